The van der Waals surface area contributed by atoms with E-state index in [-0.39, 0.29) is 18.1 Å². The third-order valence-electron chi connectivity index (χ3n) is 3.05. The molecule has 1 atom stereocenters. The second kappa shape index (κ2) is 7.72. The van der Waals surface area contributed by atoms with E-state index in [1.807, 2.05) is 6.26 Å². The van der Waals surface area contributed by atoms with E-state index in [1.54, 1.807) is 0 Å². The lowest BCUT2D eigenvalue weighted by molar-refractivity contribution is -0.139. The number of thioether (sulfide) groups is 1. The summed E-state index contributed by atoms with van der Waals surface area (Å²) in [7, 11) is -3.09. The third-order valence-corrected chi connectivity index (χ3v) is 5.41. The molecule has 2 N–H and O–H groups in total. The van der Waals surface area contributed by atoms with Gasteiger partial charge in [-0.2, -0.15) is 11.8 Å². The van der Waals surface area contributed by atoms with Crippen molar-refractivity contribution < 1.29 is 23.1 Å². The van der Waals surface area contributed by atoms with Crippen molar-refractivity contribution in [3.63, 3.8) is 0 Å². The van der Waals surface area contributed by atoms with E-state index in [9.17, 15) is 18.0 Å². The van der Waals surface area contributed by atoms with Crippen molar-refractivity contribution in [3.05, 3.63) is 0 Å². The molecule has 0 radical (unpaired) electrons. The summed E-state index contributed by atoms with van der Waals surface area (Å²) in [5, 5.41) is 11.5. The summed E-state index contributed by atoms with van der Waals surface area (Å²) in [6.45, 7) is 0.447. The number of urea groups is 1. The molecule has 0 aromatic carbocycles. The molecule has 0 aromatic heterocycles. The number of carboxylic acid groups (broad SMARTS) is 1. The molecule has 9 heteroatoms. The Kier molecular flexibility index (Phi) is 6.60. The molecule has 2 amide bonds. The molecular formula is C11H20N2O5S2. The highest BCUT2D eigenvalue weighted by Gasteiger charge is 2.26. The Balaban J connectivity index is 2.57. The highest BCUT2D eigenvalue weighted by molar-refractivity contribution is 7.98. The third kappa shape index (κ3) is 5.58. The first kappa shape index (κ1) is 17.1. The molecule has 0 unspecified atom stereocenters. The van der Waals surface area contributed by atoms with Gasteiger partial charge in [-0.05, 0) is 24.9 Å². The second-order valence-electron chi connectivity index (χ2n) is 4.61. The minimum absolute atomic E-state index is 0.0665. The normalized spacial score (nSPS) is 19.9. The van der Waals surface area contributed by atoms with Crippen LogP contribution >= 0.6 is 11.8 Å². The molecule has 1 aliphatic rings. The standard InChI is InChI=1S/C11H20N2O5S2/c1-19-6-3-9(10(14)15)12-11(16)13-4-2-7-20(17,18)8-5-13/h9H,2-8H2,1H3,(H,12,16)(H,14,15)/t9-/m1/s1. The lowest BCUT2D eigenvalue weighted by atomic mass is 10.2. The first-order chi connectivity index (χ1) is 9.35. The molecule has 0 spiro atoms. The highest BCUT2D eigenvalue weighted by atomic mass is 32.2. The molecule has 0 aromatic rings. The zero-order valence-electron chi connectivity index (χ0n) is 11.4. The monoisotopic (exact) mass is 324 g/mol. The number of hydrogen-bond acceptors (Lipinski definition) is 5. The second-order valence-corrected chi connectivity index (χ2v) is 7.90. The van der Waals surface area contributed by atoms with Crippen LogP contribution in [0, 0.1) is 0 Å². The summed E-state index contributed by atoms with van der Waals surface area (Å²) in [5.74, 6) is -0.435. The fourth-order valence-electron chi connectivity index (χ4n) is 1.87. The van der Waals surface area contributed by atoms with Crippen LogP contribution in [0.2, 0.25) is 0 Å². The predicted octanol–water partition coefficient (Wildman–Crippen LogP) is 0.0228. The number of nitrogens with one attached hydrogen (secondary N) is 1. The van der Waals surface area contributed by atoms with Gasteiger partial charge < -0.3 is 15.3 Å². The molecule has 7 nitrogen and oxygen atoms in total. The number of rotatable bonds is 5. The van der Waals surface area contributed by atoms with Gasteiger partial charge in [0.2, 0.25) is 0 Å². The van der Waals surface area contributed by atoms with Gasteiger partial charge >= 0.3 is 12.0 Å². The van der Waals surface area contributed by atoms with Gasteiger partial charge in [0.1, 0.15) is 6.04 Å². The lowest BCUT2D eigenvalue weighted by Crippen LogP contribution is -2.49. The van der Waals surface area contributed by atoms with Gasteiger partial charge in [0, 0.05) is 13.1 Å². The number of sulfone groups is 1. The molecule has 116 valence electrons. The Hall–Kier alpha value is -0.960. The number of aliphatic carboxylic acids is 1. The number of amides is 2. The SMILES string of the molecule is CSCC[C@@H](NC(=O)N1CCCS(=O)(=O)CC1)C(=O)O. The Labute approximate surface area is 123 Å². The van der Waals surface area contributed by atoms with Crippen LogP contribution in [0.25, 0.3) is 0 Å². The van der Waals surface area contributed by atoms with Gasteiger partial charge in [-0.3, -0.25) is 0 Å². The van der Waals surface area contributed by atoms with Crippen molar-refractivity contribution in [1.29, 1.82) is 0 Å². The van der Waals surface area contributed by atoms with Crippen molar-refractivity contribution in [2.75, 3.05) is 36.6 Å². The van der Waals surface area contributed by atoms with E-state index < -0.39 is 27.9 Å². The number of carbonyl (C=O) groups excluding carboxylic acids is 1. The molecule has 0 aliphatic carbocycles. The smallest absolute Gasteiger partial charge is 0.326 e. The van der Waals surface area contributed by atoms with Crippen molar-refractivity contribution in [3.8, 4) is 0 Å². The molecule has 1 saturated heterocycles. The first-order valence-electron chi connectivity index (χ1n) is 6.33. The van der Waals surface area contributed by atoms with Crippen LogP contribution in [0.15, 0.2) is 0 Å². The molecule has 0 bridgehead atoms. The maximum atomic E-state index is 12.0. The average molecular weight is 324 g/mol. The molecule has 1 aliphatic heterocycles. The van der Waals surface area contributed by atoms with Crippen LogP contribution in [0.3, 0.4) is 0 Å². The van der Waals surface area contributed by atoms with Gasteiger partial charge in [-0.1, -0.05) is 0 Å². The number of nitrogens with zero attached hydrogens (tertiary/aromatic N) is 1. The fraction of sp³-hybridized carbons (Fsp3) is 0.818. The maximum absolute atomic E-state index is 12.0. The van der Waals surface area contributed by atoms with Crippen LogP contribution < -0.4 is 5.32 Å². The summed E-state index contributed by atoms with van der Waals surface area (Å²) < 4.78 is 22.9. The minimum atomic E-state index is -3.09. The Morgan fingerprint density at radius 1 is 1.35 bits per heavy atom. The van der Waals surface area contributed by atoms with Crippen molar-refractivity contribution >= 4 is 33.6 Å². The average Bonchev–Trinajstić information content (AvgIpc) is 2.55. The molecular weight excluding hydrogens is 304 g/mol. The molecule has 20 heavy (non-hydrogen) atoms. The van der Waals surface area contributed by atoms with Crippen molar-refractivity contribution in [2.45, 2.75) is 18.9 Å². The van der Waals surface area contributed by atoms with Gasteiger partial charge in [0.15, 0.2) is 9.84 Å². The Bertz CT molecular complexity index is 452. The van der Waals surface area contributed by atoms with E-state index in [2.05, 4.69) is 5.32 Å². The van der Waals surface area contributed by atoms with Crippen LogP contribution in [0.5, 0.6) is 0 Å². The summed E-state index contributed by atoms with van der Waals surface area (Å²) in [4.78, 5) is 24.4. The van der Waals surface area contributed by atoms with Crippen LogP contribution in [0.4, 0.5) is 4.79 Å². The molecule has 1 fully saturated rings. The molecule has 1 rings (SSSR count). The zero-order chi connectivity index (χ0) is 15.2. The fourth-order valence-corrected chi connectivity index (χ4v) is 3.62. The van der Waals surface area contributed by atoms with E-state index >= 15 is 0 Å². The van der Waals surface area contributed by atoms with E-state index in [4.69, 9.17) is 5.11 Å². The Morgan fingerprint density at radius 2 is 2.05 bits per heavy atom. The quantitative estimate of drug-likeness (QED) is 0.739. The minimum Gasteiger partial charge on any atom is -0.480 e. The summed E-state index contributed by atoms with van der Waals surface area (Å²) in [6, 6.07) is -1.44. The van der Waals surface area contributed by atoms with E-state index in [1.165, 1.54) is 16.7 Å². The number of hydrogen-bond donors (Lipinski definition) is 2. The van der Waals surface area contributed by atoms with Gasteiger partial charge in [-0.25, -0.2) is 18.0 Å². The Morgan fingerprint density at radius 3 is 2.65 bits per heavy atom. The van der Waals surface area contributed by atoms with E-state index in [0.29, 0.717) is 25.1 Å². The summed E-state index contributed by atoms with van der Waals surface area (Å²) in [5.41, 5.74) is 0. The summed E-state index contributed by atoms with van der Waals surface area (Å²) >= 11 is 1.51. The van der Waals surface area contributed by atoms with E-state index in [0.717, 1.165) is 0 Å². The topological polar surface area (TPSA) is 104 Å². The van der Waals surface area contributed by atoms with Crippen LogP contribution in [0.1, 0.15) is 12.8 Å². The highest BCUT2D eigenvalue weighted by Crippen LogP contribution is 2.07. The van der Waals surface area contributed by atoms with Crippen molar-refractivity contribution in [2.24, 2.45) is 0 Å². The zero-order valence-corrected chi connectivity index (χ0v) is 13.0. The van der Waals surface area contributed by atoms with Crippen LogP contribution in [-0.4, -0.2) is 73.1 Å². The predicted molar refractivity (Wildman–Crippen MR) is 77.8 cm³/mol. The van der Waals surface area contributed by atoms with Crippen molar-refractivity contribution in [1.82, 2.24) is 10.2 Å². The van der Waals surface area contributed by atoms with Gasteiger partial charge in [-0.15, -0.1) is 0 Å². The summed E-state index contributed by atoms with van der Waals surface area (Å²) in [6.07, 6.45) is 2.59. The largest absolute Gasteiger partial charge is 0.480 e. The molecule has 1 heterocycles. The van der Waals surface area contributed by atoms with Gasteiger partial charge in [0.05, 0.1) is 11.5 Å². The lowest BCUT2D eigenvalue weighted by Gasteiger charge is -2.23. The molecule has 0 saturated carbocycles. The van der Waals surface area contributed by atoms with Crippen LogP contribution in [-0.2, 0) is 14.6 Å². The first-order valence-corrected chi connectivity index (χ1v) is 9.55. The number of carbonyl (C=O) groups is 2. The number of carboxylic acids is 1. The van der Waals surface area contributed by atoms with Gasteiger partial charge in [0.25, 0.3) is 0 Å². The maximum Gasteiger partial charge on any atom is 0.326 e.